The van der Waals surface area contributed by atoms with Gasteiger partial charge in [0.2, 0.25) is 0 Å². The smallest absolute Gasteiger partial charge is 0.155 e. The van der Waals surface area contributed by atoms with E-state index in [1.807, 2.05) is 0 Å². The maximum atomic E-state index is 5.36. The highest BCUT2D eigenvalue weighted by molar-refractivity contribution is 5.81. The molecule has 2 aliphatic carbocycles. The van der Waals surface area contributed by atoms with Gasteiger partial charge in [0.1, 0.15) is 0 Å². The fourth-order valence-corrected chi connectivity index (χ4v) is 5.28. The molecule has 0 aromatic heterocycles. The lowest BCUT2D eigenvalue weighted by atomic mass is 9.69. The van der Waals surface area contributed by atoms with Gasteiger partial charge in [0.05, 0.1) is 0 Å². The second kappa shape index (κ2) is 10.0. The Morgan fingerprint density at radius 1 is 0.552 bits per heavy atom. The number of hydrogen-bond donors (Lipinski definition) is 0. The van der Waals surface area contributed by atoms with Gasteiger partial charge >= 0.3 is 0 Å². The van der Waals surface area contributed by atoms with E-state index in [0.717, 1.165) is 0 Å². The van der Waals surface area contributed by atoms with Crippen LogP contribution >= 0.6 is 0 Å². The van der Waals surface area contributed by atoms with Gasteiger partial charge in [-0.15, -0.1) is 0 Å². The maximum absolute atomic E-state index is 5.36. The Morgan fingerprint density at radius 2 is 0.931 bits per heavy atom. The van der Waals surface area contributed by atoms with Crippen LogP contribution in [0.5, 0.6) is 0 Å². The quantitative estimate of drug-likeness (QED) is 0.474. The maximum Gasteiger partial charge on any atom is 0.155 e. The summed E-state index contributed by atoms with van der Waals surface area (Å²) in [6.07, 6.45) is 17.2. The molecule has 0 bridgehead atoms. The first-order chi connectivity index (χ1) is 14.4. The second-order valence-corrected chi connectivity index (χ2v) is 8.79. The predicted molar refractivity (Wildman–Crippen MR) is 124 cm³/mol. The number of benzene rings is 2. The molecule has 0 radical (unpaired) electrons. The molecular formula is C27H34N2. The summed E-state index contributed by atoms with van der Waals surface area (Å²) in [5.41, 5.74) is 2.05. The van der Waals surface area contributed by atoms with Crippen molar-refractivity contribution >= 4 is 12.4 Å². The van der Waals surface area contributed by atoms with E-state index < -0.39 is 0 Å². The van der Waals surface area contributed by atoms with Crippen LogP contribution in [0.3, 0.4) is 0 Å². The van der Waals surface area contributed by atoms with Crippen molar-refractivity contribution in [1.82, 2.24) is 0 Å². The van der Waals surface area contributed by atoms with E-state index in [9.17, 15) is 0 Å². The highest BCUT2D eigenvalue weighted by Crippen LogP contribution is 2.46. The molecule has 2 nitrogen and oxygen atoms in total. The zero-order valence-corrected chi connectivity index (χ0v) is 17.5. The molecule has 29 heavy (non-hydrogen) atoms. The zero-order chi connectivity index (χ0) is 19.8. The third kappa shape index (κ3) is 5.04. The first-order valence-corrected chi connectivity index (χ1v) is 11.6. The molecule has 2 fully saturated rings. The Labute approximate surface area is 176 Å². The fourth-order valence-electron chi connectivity index (χ4n) is 5.28. The largest absolute Gasteiger partial charge is 0.262 e. The lowest BCUT2D eigenvalue weighted by molar-refractivity contribution is 0.116. The van der Waals surface area contributed by atoms with Gasteiger partial charge in [0.25, 0.3) is 0 Å². The standard InChI is InChI=1S/C27H34N2/c1-5-13-23(14-6-1)21-28-27(25-17-9-3-10-18-25,26-19-11-4-12-20-26)29-22-24-15-7-2-8-16-24/h1-2,5-8,13-16,21-22,25-26H,3-4,9-12,17-20H2. The molecule has 0 N–H and O–H groups in total. The highest BCUT2D eigenvalue weighted by atomic mass is 15.1. The van der Waals surface area contributed by atoms with Crippen molar-refractivity contribution < 1.29 is 0 Å². The minimum absolute atomic E-state index is 0.313. The molecule has 0 heterocycles. The molecule has 0 unspecified atom stereocenters. The first kappa shape index (κ1) is 20.1. The average molecular weight is 387 g/mol. The molecule has 2 aromatic rings. The van der Waals surface area contributed by atoms with Crippen LogP contribution in [0.25, 0.3) is 0 Å². The average Bonchev–Trinajstić information content (AvgIpc) is 2.82. The summed E-state index contributed by atoms with van der Waals surface area (Å²) in [5, 5.41) is 0. The van der Waals surface area contributed by atoms with Gasteiger partial charge in [-0.05, 0) is 36.8 Å². The van der Waals surface area contributed by atoms with E-state index in [1.165, 1.54) is 75.3 Å². The lowest BCUT2D eigenvalue weighted by Gasteiger charge is -2.44. The van der Waals surface area contributed by atoms with Crippen LogP contribution in [-0.4, -0.2) is 18.1 Å². The number of nitrogens with zero attached hydrogens (tertiary/aromatic N) is 2. The van der Waals surface area contributed by atoms with E-state index in [2.05, 4.69) is 73.1 Å². The molecule has 2 saturated carbocycles. The molecule has 2 aromatic carbocycles. The summed E-state index contributed by atoms with van der Waals surface area (Å²) in [5.74, 6) is 1.11. The summed E-state index contributed by atoms with van der Waals surface area (Å²) < 4.78 is 0. The van der Waals surface area contributed by atoms with Crippen LogP contribution in [0.1, 0.15) is 75.3 Å². The van der Waals surface area contributed by atoms with Crippen molar-refractivity contribution in [3.8, 4) is 0 Å². The van der Waals surface area contributed by atoms with Crippen molar-refractivity contribution in [2.24, 2.45) is 21.8 Å². The SMILES string of the molecule is C(=NC(N=Cc1ccccc1)(C1CCCCC1)C1CCCCC1)c1ccccc1. The normalized spacial score (nSPS) is 19.9. The minimum atomic E-state index is -0.313. The van der Waals surface area contributed by atoms with Gasteiger partial charge < -0.3 is 0 Å². The van der Waals surface area contributed by atoms with Gasteiger partial charge in [-0.2, -0.15) is 0 Å². The lowest BCUT2D eigenvalue weighted by Crippen LogP contribution is -2.44. The molecule has 0 spiro atoms. The summed E-state index contributed by atoms with van der Waals surface area (Å²) in [6, 6.07) is 21.1. The van der Waals surface area contributed by atoms with Crippen LogP contribution in [0.15, 0.2) is 70.6 Å². The predicted octanol–water partition coefficient (Wildman–Crippen LogP) is 7.08. The molecule has 0 atom stereocenters. The third-order valence-electron chi connectivity index (χ3n) is 6.85. The molecule has 0 saturated heterocycles. The number of rotatable bonds is 6. The van der Waals surface area contributed by atoms with Gasteiger partial charge in [-0.1, -0.05) is 99.2 Å². The van der Waals surface area contributed by atoms with Crippen molar-refractivity contribution in [1.29, 1.82) is 0 Å². The summed E-state index contributed by atoms with van der Waals surface area (Å²) in [4.78, 5) is 10.7. The molecule has 4 rings (SSSR count). The van der Waals surface area contributed by atoms with Gasteiger partial charge in [-0.25, -0.2) is 0 Å². The Morgan fingerprint density at radius 3 is 1.31 bits per heavy atom. The summed E-state index contributed by atoms with van der Waals surface area (Å²) in [7, 11) is 0. The second-order valence-electron chi connectivity index (χ2n) is 8.79. The molecule has 2 heteroatoms. The van der Waals surface area contributed by atoms with Crippen molar-refractivity contribution in [2.45, 2.75) is 69.9 Å². The topological polar surface area (TPSA) is 24.7 Å². The van der Waals surface area contributed by atoms with E-state index in [4.69, 9.17) is 9.98 Å². The van der Waals surface area contributed by atoms with E-state index in [1.54, 1.807) is 0 Å². The van der Waals surface area contributed by atoms with E-state index in [0.29, 0.717) is 11.8 Å². The molecular weight excluding hydrogens is 352 g/mol. The summed E-state index contributed by atoms with van der Waals surface area (Å²) >= 11 is 0. The third-order valence-corrected chi connectivity index (χ3v) is 6.85. The van der Waals surface area contributed by atoms with Crippen molar-refractivity contribution in [3.05, 3.63) is 71.8 Å². The number of aliphatic imine (C=N–C) groups is 2. The van der Waals surface area contributed by atoms with E-state index in [-0.39, 0.29) is 5.66 Å². The molecule has 2 aliphatic rings. The Balaban J connectivity index is 1.74. The fraction of sp³-hybridized carbons (Fsp3) is 0.481. The Bertz CT molecular complexity index is 712. The van der Waals surface area contributed by atoms with Crippen molar-refractivity contribution in [3.63, 3.8) is 0 Å². The highest BCUT2D eigenvalue weighted by Gasteiger charge is 2.45. The van der Waals surface area contributed by atoms with E-state index >= 15 is 0 Å². The van der Waals surface area contributed by atoms with Crippen LogP contribution in [0, 0.1) is 11.8 Å². The van der Waals surface area contributed by atoms with Crippen LogP contribution in [0.4, 0.5) is 0 Å². The van der Waals surface area contributed by atoms with Gasteiger partial charge in [0.15, 0.2) is 5.66 Å². The summed E-state index contributed by atoms with van der Waals surface area (Å²) in [6.45, 7) is 0. The molecule has 152 valence electrons. The Kier molecular flexibility index (Phi) is 6.92. The monoisotopic (exact) mass is 386 g/mol. The molecule has 0 aliphatic heterocycles. The minimum Gasteiger partial charge on any atom is -0.262 e. The van der Waals surface area contributed by atoms with Crippen LogP contribution in [0.2, 0.25) is 0 Å². The zero-order valence-electron chi connectivity index (χ0n) is 17.5. The van der Waals surface area contributed by atoms with Crippen LogP contribution in [-0.2, 0) is 0 Å². The van der Waals surface area contributed by atoms with Crippen molar-refractivity contribution in [2.75, 3.05) is 0 Å². The molecule has 0 amide bonds. The Hall–Kier alpha value is -2.22. The van der Waals surface area contributed by atoms with Crippen LogP contribution < -0.4 is 0 Å². The first-order valence-electron chi connectivity index (χ1n) is 11.6. The van der Waals surface area contributed by atoms with Gasteiger partial charge in [0, 0.05) is 24.3 Å². The van der Waals surface area contributed by atoms with Gasteiger partial charge in [-0.3, -0.25) is 9.98 Å². The number of hydrogen-bond acceptors (Lipinski definition) is 2.